The largest absolute Gasteiger partial charge is 0.397 e. The van der Waals surface area contributed by atoms with E-state index in [0.717, 1.165) is 28.5 Å². The monoisotopic (exact) mass is 260 g/mol. The third-order valence-electron chi connectivity index (χ3n) is 2.96. The summed E-state index contributed by atoms with van der Waals surface area (Å²) in [6, 6.07) is 14.0. The minimum absolute atomic E-state index is 0.743. The molecule has 0 radical (unpaired) electrons. The van der Waals surface area contributed by atoms with Crippen LogP contribution in [0.25, 0.3) is 0 Å². The van der Waals surface area contributed by atoms with Gasteiger partial charge in [0.05, 0.1) is 11.4 Å². The van der Waals surface area contributed by atoms with Gasteiger partial charge >= 0.3 is 0 Å². The Morgan fingerprint density at radius 2 is 1.89 bits per heavy atom. The van der Waals surface area contributed by atoms with E-state index < -0.39 is 0 Å². The Kier molecular flexibility index (Phi) is 3.78. The molecule has 0 aliphatic rings. The quantitative estimate of drug-likeness (QED) is 0.849. The minimum atomic E-state index is 0.743. The van der Waals surface area contributed by atoms with Crippen molar-refractivity contribution in [3.8, 4) is 0 Å². The highest BCUT2D eigenvalue weighted by Crippen LogP contribution is 2.26. The number of nitrogens with two attached hydrogens (primary N) is 1. The molecule has 0 aliphatic heterocycles. The van der Waals surface area contributed by atoms with Gasteiger partial charge in [0.25, 0.3) is 0 Å². The lowest BCUT2D eigenvalue weighted by Gasteiger charge is -2.22. The number of benzene rings is 2. The predicted octanol–water partition coefficient (Wildman–Crippen LogP) is 3.87. The molecule has 0 spiro atoms. The Labute approximate surface area is 113 Å². The Morgan fingerprint density at radius 3 is 2.56 bits per heavy atom. The molecule has 0 amide bonds. The van der Waals surface area contributed by atoms with Crippen molar-refractivity contribution in [3.05, 3.63) is 58.6 Å². The van der Waals surface area contributed by atoms with Gasteiger partial charge in [0.1, 0.15) is 0 Å². The molecule has 0 atom stereocenters. The Morgan fingerprint density at radius 1 is 1.17 bits per heavy atom. The SMILES string of the molecule is Cc1ccc(N(C)Cc2ccccc2Cl)c(N)c1. The lowest BCUT2D eigenvalue weighted by Crippen LogP contribution is -2.18. The van der Waals surface area contributed by atoms with Crippen LogP contribution < -0.4 is 10.6 Å². The van der Waals surface area contributed by atoms with Crippen molar-refractivity contribution in [3.63, 3.8) is 0 Å². The van der Waals surface area contributed by atoms with Gasteiger partial charge in [0.2, 0.25) is 0 Å². The van der Waals surface area contributed by atoms with E-state index in [2.05, 4.69) is 11.0 Å². The fraction of sp³-hybridized carbons (Fsp3) is 0.200. The van der Waals surface area contributed by atoms with Gasteiger partial charge in [-0.25, -0.2) is 0 Å². The topological polar surface area (TPSA) is 29.3 Å². The molecular formula is C15H17ClN2. The second-order valence-electron chi connectivity index (χ2n) is 4.51. The molecule has 2 N–H and O–H groups in total. The number of halogens is 1. The van der Waals surface area contributed by atoms with E-state index in [4.69, 9.17) is 17.3 Å². The lowest BCUT2D eigenvalue weighted by atomic mass is 10.1. The van der Waals surface area contributed by atoms with E-state index in [1.807, 2.05) is 50.4 Å². The summed E-state index contributed by atoms with van der Waals surface area (Å²) in [5.74, 6) is 0. The summed E-state index contributed by atoms with van der Waals surface area (Å²) in [7, 11) is 2.02. The smallest absolute Gasteiger partial charge is 0.0600 e. The van der Waals surface area contributed by atoms with Gasteiger partial charge in [-0.2, -0.15) is 0 Å². The van der Waals surface area contributed by atoms with Crippen molar-refractivity contribution in [1.29, 1.82) is 0 Å². The number of hydrogen-bond donors (Lipinski definition) is 1. The summed E-state index contributed by atoms with van der Waals surface area (Å²) in [4.78, 5) is 2.11. The van der Waals surface area contributed by atoms with Crippen LogP contribution in [-0.2, 0) is 6.54 Å². The van der Waals surface area contributed by atoms with E-state index in [-0.39, 0.29) is 0 Å². The molecule has 0 aliphatic carbocycles. The van der Waals surface area contributed by atoms with Crippen LogP contribution in [0.1, 0.15) is 11.1 Å². The summed E-state index contributed by atoms with van der Waals surface area (Å²) in [5, 5.41) is 0.787. The second-order valence-corrected chi connectivity index (χ2v) is 4.92. The fourth-order valence-electron chi connectivity index (χ4n) is 1.99. The third kappa shape index (κ3) is 2.77. The maximum Gasteiger partial charge on any atom is 0.0600 e. The van der Waals surface area contributed by atoms with Gasteiger partial charge in [0, 0.05) is 18.6 Å². The molecule has 2 rings (SSSR count). The van der Waals surface area contributed by atoms with E-state index in [0.29, 0.717) is 0 Å². The zero-order valence-corrected chi connectivity index (χ0v) is 11.4. The first-order valence-corrected chi connectivity index (χ1v) is 6.26. The molecule has 2 aromatic carbocycles. The normalized spacial score (nSPS) is 10.4. The van der Waals surface area contributed by atoms with Crippen LogP contribution in [0.5, 0.6) is 0 Å². The van der Waals surface area contributed by atoms with Gasteiger partial charge in [-0.1, -0.05) is 35.9 Å². The molecule has 0 fully saturated rings. The lowest BCUT2D eigenvalue weighted by molar-refractivity contribution is 0.924. The number of nitrogens with zero attached hydrogens (tertiary/aromatic N) is 1. The molecular weight excluding hydrogens is 244 g/mol. The van der Waals surface area contributed by atoms with Crippen LogP contribution >= 0.6 is 11.6 Å². The molecule has 0 saturated carbocycles. The van der Waals surface area contributed by atoms with Gasteiger partial charge in [-0.3, -0.25) is 0 Å². The Hall–Kier alpha value is -1.67. The van der Waals surface area contributed by atoms with Crippen molar-refractivity contribution in [2.24, 2.45) is 0 Å². The van der Waals surface area contributed by atoms with E-state index in [1.54, 1.807) is 0 Å². The van der Waals surface area contributed by atoms with Crippen LogP contribution in [0.15, 0.2) is 42.5 Å². The average molecular weight is 261 g/mol. The summed E-state index contributed by atoms with van der Waals surface area (Å²) in [6.45, 7) is 2.78. The van der Waals surface area contributed by atoms with Gasteiger partial charge in [-0.05, 0) is 36.2 Å². The molecule has 0 bridgehead atoms. The van der Waals surface area contributed by atoms with Crippen LogP contribution in [0.2, 0.25) is 5.02 Å². The van der Waals surface area contributed by atoms with Gasteiger partial charge in [0.15, 0.2) is 0 Å². The van der Waals surface area contributed by atoms with Crippen molar-refractivity contribution in [2.75, 3.05) is 17.7 Å². The van der Waals surface area contributed by atoms with Crippen LogP contribution in [0.3, 0.4) is 0 Å². The van der Waals surface area contributed by atoms with Crippen LogP contribution in [-0.4, -0.2) is 7.05 Å². The average Bonchev–Trinajstić information content (AvgIpc) is 2.32. The number of hydrogen-bond acceptors (Lipinski definition) is 2. The van der Waals surface area contributed by atoms with E-state index >= 15 is 0 Å². The Balaban J connectivity index is 2.22. The first-order valence-electron chi connectivity index (χ1n) is 5.88. The molecule has 2 aromatic rings. The highest BCUT2D eigenvalue weighted by molar-refractivity contribution is 6.31. The molecule has 0 heterocycles. The summed E-state index contributed by atoms with van der Waals surface area (Å²) in [6.07, 6.45) is 0. The van der Waals surface area contributed by atoms with E-state index in [1.165, 1.54) is 5.56 Å². The summed E-state index contributed by atoms with van der Waals surface area (Å²) >= 11 is 6.16. The van der Waals surface area contributed by atoms with Gasteiger partial charge in [-0.15, -0.1) is 0 Å². The van der Waals surface area contributed by atoms with Crippen molar-refractivity contribution in [2.45, 2.75) is 13.5 Å². The molecule has 2 nitrogen and oxygen atoms in total. The number of nitrogen functional groups attached to an aromatic ring is 1. The highest BCUT2D eigenvalue weighted by atomic mass is 35.5. The molecule has 0 unspecified atom stereocenters. The molecule has 0 saturated heterocycles. The zero-order chi connectivity index (χ0) is 13.1. The summed E-state index contributed by atoms with van der Waals surface area (Å²) in [5.41, 5.74) is 10.1. The van der Waals surface area contributed by atoms with Crippen LogP contribution in [0, 0.1) is 6.92 Å². The maximum atomic E-state index is 6.16. The zero-order valence-electron chi connectivity index (χ0n) is 10.7. The van der Waals surface area contributed by atoms with Crippen molar-refractivity contribution >= 4 is 23.0 Å². The first-order chi connectivity index (χ1) is 8.58. The number of aryl methyl sites for hydroxylation is 1. The highest BCUT2D eigenvalue weighted by Gasteiger charge is 2.07. The maximum absolute atomic E-state index is 6.16. The van der Waals surface area contributed by atoms with Crippen LogP contribution in [0.4, 0.5) is 11.4 Å². The van der Waals surface area contributed by atoms with Gasteiger partial charge < -0.3 is 10.6 Å². The van der Waals surface area contributed by atoms with E-state index in [9.17, 15) is 0 Å². The van der Waals surface area contributed by atoms with Crippen molar-refractivity contribution < 1.29 is 0 Å². The van der Waals surface area contributed by atoms with Crippen molar-refractivity contribution in [1.82, 2.24) is 0 Å². The first kappa shape index (κ1) is 12.8. The Bertz CT molecular complexity index is 552. The fourth-order valence-corrected chi connectivity index (χ4v) is 2.18. The summed E-state index contributed by atoms with van der Waals surface area (Å²) < 4.78 is 0. The standard InChI is InChI=1S/C15H17ClN2/c1-11-7-8-15(14(17)9-11)18(2)10-12-5-3-4-6-13(12)16/h3-9H,10,17H2,1-2H3. The predicted molar refractivity (Wildman–Crippen MR) is 79.2 cm³/mol. The number of rotatable bonds is 3. The molecule has 0 aromatic heterocycles. The molecule has 94 valence electrons. The minimum Gasteiger partial charge on any atom is -0.397 e. The molecule has 18 heavy (non-hydrogen) atoms. The third-order valence-corrected chi connectivity index (χ3v) is 3.33. The second kappa shape index (κ2) is 5.32. The molecule has 3 heteroatoms. The number of anilines is 2.